The maximum absolute atomic E-state index is 13.1. The number of hydrogen-bond acceptors (Lipinski definition) is 5. The van der Waals surface area contributed by atoms with Gasteiger partial charge in [0.25, 0.3) is 5.91 Å². The molecule has 0 bridgehead atoms. The second-order valence-corrected chi connectivity index (χ2v) is 9.55. The lowest BCUT2D eigenvalue weighted by atomic mass is 9.95. The highest BCUT2D eigenvalue weighted by molar-refractivity contribution is 8.03. The lowest BCUT2D eigenvalue weighted by Gasteiger charge is -2.21. The molecule has 0 fully saturated rings. The van der Waals surface area contributed by atoms with Gasteiger partial charge in [0, 0.05) is 33.9 Å². The van der Waals surface area contributed by atoms with Gasteiger partial charge in [-0.2, -0.15) is 11.8 Å². The first kappa shape index (κ1) is 23.9. The topological polar surface area (TPSA) is 79.3 Å². The maximum Gasteiger partial charge on any atom is 0.326 e. The van der Waals surface area contributed by atoms with Gasteiger partial charge < -0.3 is 10.4 Å². The van der Waals surface area contributed by atoms with Crippen LogP contribution in [0.1, 0.15) is 22.3 Å². The van der Waals surface area contributed by atoms with E-state index in [1.54, 1.807) is 48.1 Å². The Morgan fingerprint density at radius 3 is 2.41 bits per heavy atom. The van der Waals surface area contributed by atoms with Crippen LogP contribution in [0.4, 0.5) is 0 Å². The summed E-state index contributed by atoms with van der Waals surface area (Å²) >= 11 is 3.24. The van der Waals surface area contributed by atoms with E-state index in [-0.39, 0.29) is 11.2 Å². The van der Waals surface area contributed by atoms with Crippen LogP contribution in [-0.2, 0) is 4.79 Å². The first-order chi connectivity index (χ1) is 15.5. The average Bonchev–Trinajstić information content (AvgIpc) is 2.81. The number of carboxylic acid groups (broad SMARTS) is 1. The van der Waals surface area contributed by atoms with Gasteiger partial charge in [0.05, 0.1) is 0 Å². The molecule has 0 aliphatic carbocycles. The number of nitrogens with zero attached hydrogens (tertiary/aromatic N) is 1. The van der Waals surface area contributed by atoms with Crippen molar-refractivity contribution < 1.29 is 14.7 Å². The summed E-state index contributed by atoms with van der Waals surface area (Å²) in [5.74, 6) is -0.681. The Balaban J connectivity index is 1.73. The van der Waals surface area contributed by atoms with Gasteiger partial charge in [-0.05, 0) is 54.5 Å². The maximum atomic E-state index is 13.1. The molecule has 0 saturated carbocycles. The average molecular weight is 467 g/mol. The molecule has 1 heterocycles. The zero-order valence-corrected chi connectivity index (χ0v) is 19.7. The third-order valence-electron chi connectivity index (χ3n) is 5.11. The Morgan fingerprint density at radius 1 is 1.03 bits per heavy atom. The Kier molecular flexibility index (Phi) is 8.76. The summed E-state index contributed by atoms with van der Waals surface area (Å²) in [5.41, 5.74) is 3.27. The molecule has 7 heteroatoms. The number of aryl methyl sites for hydroxylation is 1. The minimum atomic E-state index is -1.03. The van der Waals surface area contributed by atoms with Crippen molar-refractivity contribution in [3.05, 3.63) is 84.2 Å². The molecule has 1 aromatic heterocycles. The van der Waals surface area contributed by atoms with Crippen LogP contribution in [0.5, 0.6) is 0 Å². The third kappa shape index (κ3) is 6.37. The van der Waals surface area contributed by atoms with Gasteiger partial charge in [-0.25, -0.2) is 4.79 Å². The van der Waals surface area contributed by atoms with E-state index < -0.39 is 12.0 Å². The van der Waals surface area contributed by atoms with E-state index >= 15 is 0 Å². The minimum Gasteiger partial charge on any atom is -0.480 e. The zero-order chi connectivity index (χ0) is 22.9. The minimum absolute atomic E-state index is 0.0632. The molecular weight excluding hydrogens is 440 g/mol. The number of amides is 1. The Morgan fingerprint density at radius 2 is 1.75 bits per heavy atom. The number of carbonyl (C=O) groups excluding carboxylic acids is 1. The van der Waals surface area contributed by atoms with E-state index in [4.69, 9.17) is 0 Å². The van der Waals surface area contributed by atoms with Crippen molar-refractivity contribution in [2.24, 2.45) is 0 Å². The molecule has 0 aliphatic rings. The van der Waals surface area contributed by atoms with Crippen LogP contribution in [-0.4, -0.2) is 45.3 Å². The number of nitrogens with one attached hydrogen (secondary N) is 1. The fourth-order valence-electron chi connectivity index (χ4n) is 3.37. The second kappa shape index (κ2) is 11.7. The molecular formula is C25H26N2O3S2. The van der Waals surface area contributed by atoms with Crippen LogP contribution in [0.15, 0.2) is 78.0 Å². The van der Waals surface area contributed by atoms with Crippen LogP contribution in [0.25, 0.3) is 11.1 Å². The van der Waals surface area contributed by atoms with Crippen LogP contribution in [0.3, 0.4) is 0 Å². The summed E-state index contributed by atoms with van der Waals surface area (Å²) in [7, 11) is 0. The third-order valence-corrected chi connectivity index (χ3v) is 7.49. The van der Waals surface area contributed by atoms with E-state index in [0.717, 1.165) is 27.3 Å². The number of carbonyl (C=O) groups is 2. The van der Waals surface area contributed by atoms with E-state index in [1.807, 2.05) is 61.7 Å². The number of carboxylic acids is 1. The van der Waals surface area contributed by atoms with E-state index in [1.165, 1.54) is 0 Å². The van der Waals surface area contributed by atoms with E-state index in [9.17, 15) is 14.7 Å². The highest BCUT2D eigenvalue weighted by Gasteiger charge is 2.26. The highest BCUT2D eigenvalue weighted by Crippen LogP contribution is 2.28. The van der Waals surface area contributed by atoms with Gasteiger partial charge in [0.1, 0.15) is 6.04 Å². The first-order valence-corrected chi connectivity index (χ1v) is 12.5. The van der Waals surface area contributed by atoms with Gasteiger partial charge in [-0.3, -0.25) is 9.78 Å². The fraction of sp³-hybridized carbons (Fsp3) is 0.240. The summed E-state index contributed by atoms with van der Waals surface area (Å²) in [6, 6.07) is 18.0. The number of thioether (sulfide) groups is 2. The lowest BCUT2D eigenvalue weighted by Crippen LogP contribution is -2.43. The van der Waals surface area contributed by atoms with Crippen molar-refractivity contribution in [3.63, 3.8) is 0 Å². The summed E-state index contributed by atoms with van der Waals surface area (Å²) < 4.78 is 0. The summed E-state index contributed by atoms with van der Waals surface area (Å²) in [4.78, 5) is 30.2. The molecule has 0 saturated heterocycles. The number of rotatable bonds is 10. The fourth-order valence-corrected chi connectivity index (χ4v) is 5.32. The van der Waals surface area contributed by atoms with Crippen LogP contribution >= 0.6 is 23.5 Å². The largest absolute Gasteiger partial charge is 0.480 e. The standard InChI is InChI=1S/C25H26N2O3S2/c1-17-8-3-4-10-20(17)21-11-5-6-12-22(21)24(28)27-23(25(29)30)14-19(31-2)16-32-18-9-7-13-26-15-18/h3-13,15,19,23H,14,16H2,1-2H3,(H,27,28)(H,29,30). The number of benzene rings is 2. The Labute approximate surface area is 197 Å². The zero-order valence-electron chi connectivity index (χ0n) is 18.0. The predicted molar refractivity (Wildman–Crippen MR) is 132 cm³/mol. The molecule has 32 heavy (non-hydrogen) atoms. The number of aromatic nitrogens is 1. The highest BCUT2D eigenvalue weighted by atomic mass is 32.2. The normalized spacial score (nSPS) is 12.7. The molecule has 3 aromatic rings. The second-order valence-electron chi connectivity index (χ2n) is 7.32. The summed E-state index contributed by atoms with van der Waals surface area (Å²) in [5, 5.41) is 12.6. The van der Waals surface area contributed by atoms with Crippen LogP contribution in [0, 0.1) is 6.92 Å². The molecule has 166 valence electrons. The first-order valence-electron chi connectivity index (χ1n) is 10.2. The van der Waals surface area contributed by atoms with Gasteiger partial charge >= 0.3 is 5.97 Å². The molecule has 0 aliphatic heterocycles. The van der Waals surface area contributed by atoms with Crippen molar-refractivity contribution in [2.75, 3.05) is 12.0 Å². The Hall–Kier alpha value is -2.77. The van der Waals surface area contributed by atoms with Crippen molar-refractivity contribution in [1.29, 1.82) is 0 Å². The van der Waals surface area contributed by atoms with Gasteiger partial charge in [0.2, 0.25) is 0 Å². The molecule has 1 amide bonds. The molecule has 5 nitrogen and oxygen atoms in total. The van der Waals surface area contributed by atoms with E-state index in [0.29, 0.717) is 12.0 Å². The van der Waals surface area contributed by atoms with Crippen molar-refractivity contribution in [1.82, 2.24) is 10.3 Å². The summed E-state index contributed by atoms with van der Waals surface area (Å²) in [6.07, 6.45) is 5.81. The molecule has 2 N–H and O–H groups in total. The SMILES string of the molecule is CSC(CSc1cccnc1)CC(NC(=O)c1ccccc1-c1ccccc1C)C(=O)O. The smallest absolute Gasteiger partial charge is 0.326 e. The van der Waals surface area contributed by atoms with Gasteiger partial charge in [-0.15, -0.1) is 11.8 Å². The van der Waals surface area contributed by atoms with Crippen molar-refractivity contribution in [2.45, 2.75) is 29.5 Å². The molecule has 3 rings (SSSR count). The van der Waals surface area contributed by atoms with Gasteiger partial charge in [0.15, 0.2) is 0 Å². The summed E-state index contributed by atoms with van der Waals surface area (Å²) in [6.45, 7) is 1.99. The molecule has 0 spiro atoms. The number of aliphatic carboxylic acids is 1. The van der Waals surface area contributed by atoms with Crippen molar-refractivity contribution in [3.8, 4) is 11.1 Å². The van der Waals surface area contributed by atoms with Crippen LogP contribution in [0.2, 0.25) is 0 Å². The Bertz CT molecular complexity index is 1060. The molecule has 2 unspecified atom stereocenters. The predicted octanol–water partition coefficient (Wildman–Crippen LogP) is 5.15. The van der Waals surface area contributed by atoms with Crippen molar-refractivity contribution >= 4 is 35.4 Å². The molecule has 2 atom stereocenters. The van der Waals surface area contributed by atoms with Crippen LogP contribution < -0.4 is 5.32 Å². The van der Waals surface area contributed by atoms with Gasteiger partial charge in [-0.1, -0.05) is 42.5 Å². The number of pyridine rings is 1. The number of hydrogen-bond donors (Lipinski definition) is 2. The quantitative estimate of drug-likeness (QED) is 0.402. The molecule has 2 aromatic carbocycles. The van der Waals surface area contributed by atoms with E-state index in [2.05, 4.69) is 10.3 Å². The monoisotopic (exact) mass is 466 g/mol. The molecule has 0 radical (unpaired) electrons. The lowest BCUT2D eigenvalue weighted by molar-refractivity contribution is -0.139.